The highest BCUT2D eigenvalue weighted by Crippen LogP contribution is 2.19. The first-order valence-corrected chi connectivity index (χ1v) is 6.35. The Bertz CT molecular complexity index is 489. The van der Waals surface area contributed by atoms with Crippen LogP contribution in [0.4, 0.5) is 5.69 Å². The van der Waals surface area contributed by atoms with Gasteiger partial charge in [0.05, 0.1) is 11.6 Å². The lowest BCUT2D eigenvalue weighted by Gasteiger charge is -2.31. The number of aromatic nitrogens is 1. The molecule has 1 aromatic rings. The van der Waals surface area contributed by atoms with Gasteiger partial charge in [-0.1, -0.05) is 0 Å². The Morgan fingerprint density at radius 1 is 1.53 bits per heavy atom. The van der Waals surface area contributed by atoms with E-state index in [2.05, 4.69) is 10.3 Å². The van der Waals surface area contributed by atoms with Crippen molar-refractivity contribution in [3.05, 3.63) is 24.0 Å². The summed E-state index contributed by atoms with van der Waals surface area (Å²) in [5, 5.41) is 2.63. The molecular formula is C13H18N4O2. The van der Waals surface area contributed by atoms with E-state index in [9.17, 15) is 9.59 Å². The van der Waals surface area contributed by atoms with Crippen LogP contribution in [0.3, 0.4) is 0 Å². The average molecular weight is 262 g/mol. The molecule has 102 valence electrons. The number of hydrogen-bond acceptors (Lipinski definition) is 4. The van der Waals surface area contributed by atoms with Crippen molar-refractivity contribution in [1.29, 1.82) is 0 Å². The third kappa shape index (κ3) is 2.83. The average Bonchev–Trinajstić information content (AvgIpc) is 2.46. The number of carbonyl (C=O) groups excluding carboxylic acids is 2. The van der Waals surface area contributed by atoms with Gasteiger partial charge in [0, 0.05) is 26.3 Å². The maximum atomic E-state index is 12.3. The molecule has 0 aromatic carbocycles. The number of piperidine rings is 1. The number of amides is 2. The van der Waals surface area contributed by atoms with E-state index < -0.39 is 0 Å². The number of nitrogens with zero attached hydrogens (tertiary/aromatic N) is 2. The first kappa shape index (κ1) is 13.3. The fraction of sp³-hybridized carbons (Fsp3) is 0.462. The fourth-order valence-corrected chi connectivity index (χ4v) is 2.33. The second-order valence-electron chi connectivity index (χ2n) is 4.65. The van der Waals surface area contributed by atoms with Crippen molar-refractivity contribution in [3.8, 4) is 0 Å². The Hall–Kier alpha value is -2.11. The Balaban J connectivity index is 2.11. The lowest BCUT2D eigenvalue weighted by atomic mass is 9.97. The maximum Gasteiger partial charge on any atom is 0.274 e. The minimum absolute atomic E-state index is 0.0218. The molecule has 1 unspecified atom stereocenters. The Morgan fingerprint density at radius 2 is 2.32 bits per heavy atom. The largest absolute Gasteiger partial charge is 0.397 e. The molecule has 0 saturated carbocycles. The van der Waals surface area contributed by atoms with Crippen LogP contribution in [0.25, 0.3) is 0 Å². The number of nitrogens with one attached hydrogen (secondary N) is 1. The number of nitrogen functional groups attached to an aromatic ring is 1. The summed E-state index contributed by atoms with van der Waals surface area (Å²) in [5.41, 5.74) is 6.39. The van der Waals surface area contributed by atoms with Crippen molar-refractivity contribution in [3.63, 3.8) is 0 Å². The van der Waals surface area contributed by atoms with Crippen molar-refractivity contribution < 1.29 is 9.59 Å². The van der Waals surface area contributed by atoms with Gasteiger partial charge in [-0.2, -0.15) is 0 Å². The Labute approximate surface area is 112 Å². The second-order valence-corrected chi connectivity index (χ2v) is 4.65. The molecule has 0 bridgehead atoms. The van der Waals surface area contributed by atoms with Gasteiger partial charge in [0.2, 0.25) is 5.91 Å². The van der Waals surface area contributed by atoms with E-state index in [0.717, 1.165) is 12.8 Å². The highest BCUT2D eigenvalue weighted by atomic mass is 16.2. The summed E-state index contributed by atoms with van der Waals surface area (Å²) in [5.74, 6) is -0.370. The molecule has 0 spiro atoms. The highest BCUT2D eigenvalue weighted by Gasteiger charge is 2.29. The van der Waals surface area contributed by atoms with E-state index in [-0.39, 0.29) is 23.4 Å². The molecule has 19 heavy (non-hydrogen) atoms. The minimum atomic E-state index is -0.202. The molecule has 2 amide bonds. The molecule has 2 heterocycles. The van der Waals surface area contributed by atoms with Crippen molar-refractivity contribution in [2.45, 2.75) is 12.8 Å². The molecular weight excluding hydrogens is 244 g/mol. The van der Waals surface area contributed by atoms with E-state index in [1.54, 1.807) is 30.3 Å². The molecule has 1 aromatic heterocycles. The normalized spacial score (nSPS) is 19.0. The van der Waals surface area contributed by atoms with E-state index in [1.807, 2.05) is 0 Å². The lowest BCUT2D eigenvalue weighted by Crippen LogP contribution is -2.45. The van der Waals surface area contributed by atoms with Crippen molar-refractivity contribution >= 4 is 17.5 Å². The van der Waals surface area contributed by atoms with Gasteiger partial charge in [-0.3, -0.25) is 9.59 Å². The molecule has 3 N–H and O–H groups in total. The van der Waals surface area contributed by atoms with Crippen LogP contribution in [0, 0.1) is 5.92 Å². The lowest BCUT2D eigenvalue weighted by molar-refractivity contribution is -0.125. The number of likely N-dealkylation sites (tertiary alicyclic amines) is 1. The summed E-state index contributed by atoms with van der Waals surface area (Å²) in [4.78, 5) is 29.7. The van der Waals surface area contributed by atoms with Crippen molar-refractivity contribution in [1.82, 2.24) is 15.2 Å². The molecule has 0 radical (unpaired) electrons. The summed E-state index contributed by atoms with van der Waals surface area (Å²) in [7, 11) is 1.61. The van der Waals surface area contributed by atoms with Crippen molar-refractivity contribution in [2.75, 3.05) is 25.9 Å². The topological polar surface area (TPSA) is 88.3 Å². The summed E-state index contributed by atoms with van der Waals surface area (Å²) in [6.45, 7) is 1.07. The van der Waals surface area contributed by atoms with Gasteiger partial charge < -0.3 is 16.0 Å². The molecule has 1 fully saturated rings. The van der Waals surface area contributed by atoms with Gasteiger partial charge in [0.15, 0.2) is 5.69 Å². The summed E-state index contributed by atoms with van der Waals surface area (Å²) >= 11 is 0. The molecule has 1 aliphatic heterocycles. The van der Waals surface area contributed by atoms with Crippen LogP contribution >= 0.6 is 0 Å². The number of carbonyl (C=O) groups is 2. The first-order chi connectivity index (χ1) is 9.13. The van der Waals surface area contributed by atoms with Crippen LogP contribution in [0.15, 0.2) is 18.3 Å². The molecule has 1 aliphatic rings. The Morgan fingerprint density at radius 3 is 3.00 bits per heavy atom. The molecule has 6 nitrogen and oxygen atoms in total. The molecule has 1 saturated heterocycles. The highest BCUT2D eigenvalue weighted by molar-refractivity contribution is 5.97. The van der Waals surface area contributed by atoms with Crippen LogP contribution < -0.4 is 11.1 Å². The minimum Gasteiger partial charge on any atom is -0.397 e. The van der Waals surface area contributed by atoms with E-state index in [0.29, 0.717) is 18.8 Å². The van der Waals surface area contributed by atoms with Crippen LogP contribution in [-0.4, -0.2) is 41.8 Å². The van der Waals surface area contributed by atoms with Gasteiger partial charge in [-0.25, -0.2) is 4.98 Å². The van der Waals surface area contributed by atoms with Gasteiger partial charge >= 0.3 is 0 Å². The molecule has 6 heteroatoms. The van der Waals surface area contributed by atoms with Gasteiger partial charge in [-0.05, 0) is 25.0 Å². The van der Waals surface area contributed by atoms with Gasteiger partial charge in [-0.15, -0.1) is 0 Å². The van der Waals surface area contributed by atoms with Crippen LogP contribution in [-0.2, 0) is 4.79 Å². The monoisotopic (exact) mass is 262 g/mol. The summed E-state index contributed by atoms with van der Waals surface area (Å²) in [6.07, 6.45) is 3.17. The van der Waals surface area contributed by atoms with E-state index in [1.165, 1.54) is 0 Å². The predicted molar refractivity (Wildman–Crippen MR) is 71.3 cm³/mol. The number of anilines is 1. The SMILES string of the molecule is CNC(=O)C1CCCN(C(=O)c2ncccc2N)C1. The van der Waals surface area contributed by atoms with E-state index >= 15 is 0 Å². The van der Waals surface area contributed by atoms with Crippen LogP contribution in [0.1, 0.15) is 23.3 Å². The van der Waals surface area contributed by atoms with Gasteiger partial charge in [0.1, 0.15) is 0 Å². The molecule has 0 aliphatic carbocycles. The van der Waals surface area contributed by atoms with Crippen molar-refractivity contribution in [2.24, 2.45) is 5.92 Å². The van der Waals surface area contributed by atoms with Crippen LogP contribution in [0.5, 0.6) is 0 Å². The molecule has 2 rings (SSSR count). The molecule has 1 atom stereocenters. The quantitative estimate of drug-likeness (QED) is 0.800. The Kier molecular flexibility index (Phi) is 3.99. The zero-order valence-electron chi connectivity index (χ0n) is 10.9. The predicted octanol–water partition coefficient (Wildman–Crippen LogP) is 0.262. The van der Waals surface area contributed by atoms with E-state index in [4.69, 9.17) is 5.73 Å². The number of pyridine rings is 1. The zero-order chi connectivity index (χ0) is 13.8. The third-order valence-corrected chi connectivity index (χ3v) is 3.37. The maximum absolute atomic E-state index is 12.3. The number of hydrogen-bond donors (Lipinski definition) is 2. The number of nitrogens with two attached hydrogens (primary N) is 1. The first-order valence-electron chi connectivity index (χ1n) is 6.35. The summed E-state index contributed by atoms with van der Waals surface area (Å²) in [6, 6.07) is 3.34. The summed E-state index contributed by atoms with van der Waals surface area (Å²) < 4.78 is 0. The number of rotatable bonds is 2. The van der Waals surface area contributed by atoms with Gasteiger partial charge in [0.25, 0.3) is 5.91 Å². The zero-order valence-corrected chi connectivity index (χ0v) is 10.9. The fourth-order valence-electron chi connectivity index (χ4n) is 2.33. The smallest absolute Gasteiger partial charge is 0.274 e. The standard InChI is InChI=1S/C13H18N4O2/c1-15-12(18)9-4-3-7-17(8-9)13(19)11-10(14)5-2-6-16-11/h2,5-6,9H,3-4,7-8,14H2,1H3,(H,15,18). The third-order valence-electron chi connectivity index (χ3n) is 3.37. The van der Waals surface area contributed by atoms with Crippen LogP contribution in [0.2, 0.25) is 0 Å². The second kappa shape index (κ2) is 5.69.